The highest BCUT2D eigenvalue weighted by Gasteiger charge is 2.13. The molecule has 106 valence electrons. The van der Waals surface area contributed by atoms with Gasteiger partial charge >= 0.3 is 5.97 Å². The molecule has 1 rings (SSSR count). The predicted molar refractivity (Wildman–Crippen MR) is 76.5 cm³/mol. The highest BCUT2D eigenvalue weighted by Crippen LogP contribution is 2.20. The minimum atomic E-state index is -0.782. The fraction of sp³-hybridized carbons (Fsp3) is 0.500. The van der Waals surface area contributed by atoms with E-state index in [1.54, 1.807) is 6.07 Å². The van der Waals surface area contributed by atoms with Gasteiger partial charge in [-0.15, -0.1) is 0 Å². The van der Waals surface area contributed by atoms with Crippen molar-refractivity contribution in [1.29, 1.82) is 0 Å². The molecule has 0 radical (unpaired) electrons. The van der Waals surface area contributed by atoms with Crippen molar-refractivity contribution < 1.29 is 14.3 Å². The van der Waals surface area contributed by atoms with Crippen molar-refractivity contribution in [2.45, 2.75) is 39.3 Å². The minimum Gasteiger partial charge on any atom is -0.481 e. The summed E-state index contributed by atoms with van der Waals surface area (Å²) >= 11 is 3.41. The molecule has 0 saturated heterocycles. The van der Waals surface area contributed by atoms with Crippen molar-refractivity contribution in [3.05, 3.63) is 34.1 Å². The summed E-state index contributed by atoms with van der Waals surface area (Å²) in [7, 11) is 0. The van der Waals surface area contributed by atoms with Gasteiger partial charge in [0, 0.05) is 23.5 Å². The van der Waals surface area contributed by atoms with Crippen LogP contribution in [0.2, 0.25) is 0 Å². The third-order valence-corrected chi connectivity index (χ3v) is 3.72. The van der Waals surface area contributed by atoms with Gasteiger partial charge in [-0.3, -0.25) is 9.69 Å². The Balaban J connectivity index is 2.67. The highest BCUT2D eigenvalue weighted by atomic mass is 79.9. The normalized spacial score (nSPS) is 11.3. The molecule has 3 nitrogen and oxygen atoms in total. The summed E-state index contributed by atoms with van der Waals surface area (Å²) < 4.78 is 14.1. The first-order chi connectivity index (χ1) is 8.90. The second-order valence-corrected chi connectivity index (χ2v) is 5.65. The van der Waals surface area contributed by atoms with Gasteiger partial charge in [-0.1, -0.05) is 15.9 Å². The number of nitrogens with zero attached hydrogens (tertiary/aromatic N) is 1. The maximum atomic E-state index is 13.2. The van der Waals surface area contributed by atoms with Crippen LogP contribution >= 0.6 is 15.9 Å². The van der Waals surface area contributed by atoms with E-state index in [9.17, 15) is 9.18 Å². The zero-order chi connectivity index (χ0) is 14.4. The van der Waals surface area contributed by atoms with Crippen LogP contribution in [0.25, 0.3) is 0 Å². The molecule has 0 heterocycles. The van der Waals surface area contributed by atoms with Gasteiger partial charge < -0.3 is 5.11 Å². The molecular formula is C14H19BrFNO2. The third kappa shape index (κ3) is 5.70. The number of hydrogen-bond donors (Lipinski definition) is 1. The Bertz CT molecular complexity index is 437. The summed E-state index contributed by atoms with van der Waals surface area (Å²) in [5.41, 5.74) is 0.879. The number of hydrogen-bond acceptors (Lipinski definition) is 2. The fourth-order valence-corrected chi connectivity index (χ4v) is 2.21. The standard InChI is InChI=1S/C14H19BrFNO2/c1-10(2)17(7-3-4-14(18)19)9-11-8-12(16)5-6-13(11)15/h5-6,8,10H,3-4,7,9H2,1-2H3,(H,18,19). The van der Waals surface area contributed by atoms with E-state index in [1.807, 2.05) is 13.8 Å². The largest absolute Gasteiger partial charge is 0.481 e. The summed E-state index contributed by atoms with van der Waals surface area (Å²) in [6, 6.07) is 4.90. The molecule has 1 aromatic carbocycles. The Morgan fingerprint density at radius 1 is 1.47 bits per heavy atom. The van der Waals surface area contributed by atoms with Crippen LogP contribution < -0.4 is 0 Å². The average Bonchev–Trinajstić information content (AvgIpc) is 2.31. The molecule has 0 atom stereocenters. The molecule has 0 bridgehead atoms. The number of aliphatic carboxylic acids is 1. The zero-order valence-electron chi connectivity index (χ0n) is 11.2. The first-order valence-corrected chi connectivity index (χ1v) is 7.09. The first kappa shape index (κ1) is 16.1. The van der Waals surface area contributed by atoms with Crippen LogP contribution in [0.15, 0.2) is 22.7 Å². The Morgan fingerprint density at radius 3 is 2.74 bits per heavy atom. The van der Waals surface area contributed by atoms with E-state index in [0.29, 0.717) is 19.5 Å². The molecule has 1 N–H and O–H groups in total. The number of benzene rings is 1. The number of carbonyl (C=O) groups is 1. The number of carboxylic acid groups (broad SMARTS) is 1. The van der Waals surface area contributed by atoms with Gasteiger partial charge in [0.2, 0.25) is 0 Å². The van der Waals surface area contributed by atoms with Crippen LogP contribution in [0.1, 0.15) is 32.3 Å². The molecular weight excluding hydrogens is 313 g/mol. The zero-order valence-corrected chi connectivity index (χ0v) is 12.8. The summed E-state index contributed by atoms with van der Waals surface area (Å²) in [5.74, 6) is -1.04. The van der Waals surface area contributed by atoms with E-state index in [-0.39, 0.29) is 18.3 Å². The lowest BCUT2D eigenvalue weighted by Gasteiger charge is -2.26. The summed E-state index contributed by atoms with van der Waals surface area (Å²) in [6.07, 6.45) is 0.758. The van der Waals surface area contributed by atoms with Gasteiger partial charge in [0.25, 0.3) is 0 Å². The van der Waals surface area contributed by atoms with Crippen LogP contribution in [-0.2, 0) is 11.3 Å². The second-order valence-electron chi connectivity index (χ2n) is 4.80. The maximum absolute atomic E-state index is 13.2. The molecule has 0 aliphatic rings. The Morgan fingerprint density at radius 2 is 2.16 bits per heavy atom. The van der Waals surface area contributed by atoms with Crippen LogP contribution in [0.3, 0.4) is 0 Å². The predicted octanol–water partition coefficient (Wildman–Crippen LogP) is 3.66. The van der Waals surface area contributed by atoms with Gasteiger partial charge in [-0.2, -0.15) is 0 Å². The lowest BCUT2D eigenvalue weighted by molar-refractivity contribution is -0.137. The van der Waals surface area contributed by atoms with Crippen LogP contribution in [0, 0.1) is 5.82 Å². The molecule has 0 spiro atoms. The van der Waals surface area contributed by atoms with E-state index >= 15 is 0 Å². The third-order valence-electron chi connectivity index (χ3n) is 2.95. The van der Waals surface area contributed by atoms with Gasteiger partial charge in [0.1, 0.15) is 5.82 Å². The average molecular weight is 332 g/mol. The fourth-order valence-electron chi connectivity index (χ4n) is 1.84. The van der Waals surface area contributed by atoms with E-state index in [1.165, 1.54) is 12.1 Å². The lowest BCUT2D eigenvalue weighted by Crippen LogP contribution is -2.31. The van der Waals surface area contributed by atoms with Crippen molar-refractivity contribution in [3.8, 4) is 0 Å². The monoisotopic (exact) mass is 331 g/mol. The number of carboxylic acids is 1. The topological polar surface area (TPSA) is 40.5 Å². The van der Waals surface area contributed by atoms with E-state index in [2.05, 4.69) is 20.8 Å². The van der Waals surface area contributed by atoms with Gasteiger partial charge in [-0.25, -0.2) is 4.39 Å². The summed E-state index contributed by atoms with van der Waals surface area (Å²) in [5, 5.41) is 8.66. The Hall–Kier alpha value is -0.940. The van der Waals surface area contributed by atoms with Crippen LogP contribution in [0.4, 0.5) is 4.39 Å². The van der Waals surface area contributed by atoms with Crippen molar-refractivity contribution >= 4 is 21.9 Å². The SMILES string of the molecule is CC(C)N(CCCC(=O)O)Cc1cc(F)ccc1Br. The van der Waals surface area contributed by atoms with Gasteiger partial charge in [0.05, 0.1) is 0 Å². The first-order valence-electron chi connectivity index (χ1n) is 6.30. The van der Waals surface area contributed by atoms with Crippen LogP contribution in [0.5, 0.6) is 0 Å². The second kappa shape index (κ2) is 7.60. The Kier molecular flexibility index (Phi) is 6.45. The van der Waals surface area contributed by atoms with Gasteiger partial charge in [0.15, 0.2) is 0 Å². The Labute approximate surface area is 121 Å². The minimum absolute atomic E-state index is 0.160. The number of halogens is 2. The molecule has 0 fully saturated rings. The maximum Gasteiger partial charge on any atom is 0.303 e. The molecule has 0 aromatic heterocycles. The number of rotatable bonds is 7. The van der Waals surface area contributed by atoms with Crippen LogP contribution in [-0.4, -0.2) is 28.6 Å². The van der Waals surface area contributed by atoms with Crippen molar-refractivity contribution in [2.75, 3.05) is 6.54 Å². The summed E-state index contributed by atoms with van der Waals surface area (Å²) in [4.78, 5) is 12.7. The van der Waals surface area contributed by atoms with E-state index in [0.717, 1.165) is 10.0 Å². The lowest BCUT2D eigenvalue weighted by atomic mass is 10.1. The molecule has 0 saturated carbocycles. The van der Waals surface area contributed by atoms with E-state index in [4.69, 9.17) is 5.11 Å². The van der Waals surface area contributed by atoms with Gasteiger partial charge in [-0.05, 0) is 50.6 Å². The molecule has 0 amide bonds. The molecule has 5 heteroatoms. The quantitative estimate of drug-likeness (QED) is 0.828. The smallest absolute Gasteiger partial charge is 0.303 e. The molecule has 0 aliphatic heterocycles. The van der Waals surface area contributed by atoms with Crippen molar-refractivity contribution in [3.63, 3.8) is 0 Å². The van der Waals surface area contributed by atoms with Crippen molar-refractivity contribution in [2.24, 2.45) is 0 Å². The molecule has 19 heavy (non-hydrogen) atoms. The molecule has 1 aromatic rings. The highest BCUT2D eigenvalue weighted by molar-refractivity contribution is 9.10. The molecule has 0 aliphatic carbocycles. The molecule has 0 unspecified atom stereocenters. The van der Waals surface area contributed by atoms with Crippen molar-refractivity contribution in [1.82, 2.24) is 4.90 Å². The summed E-state index contributed by atoms with van der Waals surface area (Å²) in [6.45, 7) is 5.39. The van der Waals surface area contributed by atoms with E-state index < -0.39 is 5.97 Å².